The van der Waals surface area contributed by atoms with E-state index in [0.717, 1.165) is 37.7 Å². The van der Waals surface area contributed by atoms with Gasteiger partial charge in [0.2, 0.25) is 0 Å². The normalized spacial score (nSPS) is 15.9. The summed E-state index contributed by atoms with van der Waals surface area (Å²) in [5.74, 6) is 1.39. The predicted octanol–water partition coefficient (Wildman–Crippen LogP) is 3.29. The first kappa shape index (κ1) is 21.0. The highest BCUT2D eigenvalue weighted by molar-refractivity contribution is 5.79. The zero-order chi connectivity index (χ0) is 20.5. The Bertz CT molecular complexity index is 789. The van der Waals surface area contributed by atoms with Crippen LogP contribution in [0.2, 0.25) is 0 Å². The highest BCUT2D eigenvalue weighted by atomic mass is 16.5. The minimum atomic E-state index is 0.135. The van der Waals surface area contributed by atoms with Crippen LogP contribution in [0.3, 0.4) is 0 Å². The fourth-order valence-electron chi connectivity index (χ4n) is 3.73. The van der Waals surface area contributed by atoms with Crippen molar-refractivity contribution in [2.75, 3.05) is 33.3 Å². The van der Waals surface area contributed by atoms with Gasteiger partial charge in [-0.15, -0.1) is 0 Å². The summed E-state index contributed by atoms with van der Waals surface area (Å²) < 4.78 is 5.10. The predicted molar refractivity (Wildman–Crippen MR) is 117 cm³/mol. The second-order valence-electron chi connectivity index (χ2n) is 7.25. The average Bonchev–Trinajstić information content (AvgIpc) is 3.27. The highest BCUT2D eigenvalue weighted by Gasteiger charge is 2.23. The van der Waals surface area contributed by atoms with Crippen molar-refractivity contribution in [2.45, 2.75) is 32.4 Å². The van der Waals surface area contributed by atoms with Gasteiger partial charge in [-0.2, -0.15) is 0 Å². The third kappa shape index (κ3) is 5.87. The van der Waals surface area contributed by atoms with Crippen LogP contribution in [-0.4, -0.2) is 49.3 Å². The molecule has 1 unspecified atom stereocenters. The highest BCUT2D eigenvalue weighted by Crippen LogP contribution is 2.26. The van der Waals surface area contributed by atoms with Crippen molar-refractivity contribution in [1.82, 2.24) is 15.5 Å². The van der Waals surface area contributed by atoms with E-state index in [0.29, 0.717) is 18.3 Å². The third-order valence-corrected chi connectivity index (χ3v) is 5.24. The van der Waals surface area contributed by atoms with E-state index < -0.39 is 0 Å². The monoisotopic (exact) mass is 396 g/mol. The van der Waals surface area contributed by atoms with Crippen LogP contribution in [0.5, 0.6) is 11.5 Å². The lowest BCUT2D eigenvalue weighted by Gasteiger charge is -2.29. The van der Waals surface area contributed by atoms with Gasteiger partial charge in [-0.3, -0.25) is 4.90 Å². The summed E-state index contributed by atoms with van der Waals surface area (Å²) in [7, 11) is 1.55. The number of phenols is 1. The number of rotatable bonds is 8. The molecule has 3 N–H and O–H groups in total. The van der Waals surface area contributed by atoms with Gasteiger partial charge in [0.15, 0.2) is 17.5 Å². The van der Waals surface area contributed by atoms with Crippen LogP contribution in [0.25, 0.3) is 0 Å². The topological polar surface area (TPSA) is 69.1 Å². The molecular weight excluding hydrogens is 364 g/mol. The Morgan fingerprint density at radius 3 is 2.55 bits per heavy atom. The molecule has 0 bridgehead atoms. The first-order valence-electron chi connectivity index (χ1n) is 10.4. The summed E-state index contributed by atoms with van der Waals surface area (Å²) in [6, 6.07) is 16.4. The molecule has 0 radical (unpaired) electrons. The Morgan fingerprint density at radius 2 is 1.90 bits per heavy atom. The van der Waals surface area contributed by atoms with E-state index in [-0.39, 0.29) is 5.75 Å². The number of nitrogens with one attached hydrogen (secondary N) is 2. The third-order valence-electron chi connectivity index (χ3n) is 5.24. The lowest BCUT2D eigenvalue weighted by atomic mass is 10.1. The first-order chi connectivity index (χ1) is 14.2. The van der Waals surface area contributed by atoms with Crippen molar-refractivity contribution in [1.29, 1.82) is 0 Å². The zero-order valence-corrected chi connectivity index (χ0v) is 17.4. The Labute approximate surface area is 173 Å². The maximum atomic E-state index is 9.97. The van der Waals surface area contributed by atoms with Crippen LogP contribution in [0.4, 0.5) is 0 Å². The van der Waals surface area contributed by atoms with Crippen molar-refractivity contribution in [3.05, 3.63) is 59.7 Å². The molecule has 156 valence electrons. The van der Waals surface area contributed by atoms with Crippen LogP contribution in [-0.2, 0) is 6.54 Å². The number of aromatic hydroxyl groups is 1. The summed E-state index contributed by atoms with van der Waals surface area (Å²) in [6.07, 6.45) is 2.52. The molecule has 0 amide bonds. The summed E-state index contributed by atoms with van der Waals surface area (Å²) in [4.78, 5) is 7.25. The molecule has 2 aromatic rings. The number of guanidine groups is 1. The van der Waals surface area contributed by atoms with Gasteiger partial charge in [0.25, 0.3) is 0 Å². The molecule has 1 fully saturated rings. The fourth-order valence-corrected chi connectivity index (χ4v) is 3.73. The summed E-state index contributed by atoms with van der Waals surface area (Å²) >= 11 is 0. The van der Waals surface area contributed by atoms with E-state index in [1.54, 1.807) is 19.2 Å². The number of hydrogen-bond acceptors (Lipinski definition) is 4. The fraction of sp³-hybridized carbons (Fsp3) is 0.435. The molecule has 29 heavy (non-hydrogen) atoms. The minimum Gasteiger partial charge on any atom is -0.504 e. The maximum Gasteiger partial charge on any atom is 0.191 e. The maximum absolute atomic E-state index is 9.97. The number of hydrogen-bond donors (Lipinski definition) is 3. The number of methoxy groups -OCH3 is 1. The number of ether oxygens (including phenoxy) is 1. The van der Waals surface area contributed by atoms with Crippen molar-refractivity contribution in [3.63, 3.8) is 0 Å². The van der Waals surface area contributed by atoms with Gasteiger partial charge in [0, 0.05) is 13.1 Å². The molecule has 2 aromatic carbocycles. The molecule has 1 heterocycles. The molecule has 1 aliphatic rings. The molecular formula is C23H32N4O2. The molecule has 1 saturated heterocycles. The molecule has 0 aliphatic carbocycles. The first-order valence-corrected chi connectivity index (χ1v) is 10.4. The van der Waals surface area contributed by atoms with Gasteiger partial charge in [-0.05, 0) is 56.1 Å². The van der Waals surface area contributed by atoms with Crippen LogP contribution in [0.1, 0.15) is 36.9 Å². The molecule has 0 aromatic heterocycles. The molecule has 0 spiro atoms. The largest absolute Gasteiger partial charge is 0.504 e. The second-order valence-corrected chi connectivity index (χ2v) is 7.25. The van der Waals surface area contributed by atoms with Crippen molar-refractivity contribution in [3.8, 4) is 11.5 Å². The van der Waals surface area contributed by atoms with E-state index in [1.165, 1.54) is 18.4 Å². The van der Waals surface area contributed by atoms with Gasteiger partial charge in [0.1, 0.15) is 0 Å². The van der Waals surface area contributed by atoms with E-state index in [2.05, 4.69) is 52.8 Å². The van der Waals surface area contributed by atoms with E-state index >= 15 is 0 Å². The number of aliphatic imine (C=N–C) groups is 1. The van der Waals surface area contributed by atoms with Crippen LogP contribution in [0.15, 0.2) is 53.5 Å². The van der Waals surface area contributed by atoms with Gasteiger partial charge in [-0.25, -0.2) is 4.99 Å². The SMILES string of the molecule is CCNC(=NCc1ccc(OC)c(O)c1)NCC(c1ccccc1)N1CCCC1. The second kappa shape index (κ2) is 10.7. The molecule has 6 heteroatoms. The van der Waals surface area contributed by atoms with Gasteiger partial charge < -0.3 is 20.5 Å². The van der Waals surface area contributed by atoms with Gasteiger partial charge >= 0.3 is 0 Å². The van der Waals surface area contributed by atoms with Crippen molar-refractivity contribution < 1.29 is 9.84 Å². The molecule has 0 saturated carbocycles. The average molecular weight is 397 g/mol. The van der Waals surface area contributed by atoms with Crippen LogP contribution in [0, 0.1) is 0 Å². The quantitative estimate of drug-likeness (QED) is 0.472. The summed E-state index contributed by atoms with van der Waals surface area (Å²) in [5.41, 5.74) is 2.26. The Kier molecular flexibility index (Phi) is 7.76. The molecule has 1 aliphatic heterocycles. The summed E-state index contributed by atoms with van der Waals surface area (Å²) in [6.45, 7) is 6.40. The van der Waals surface area contributed by atoms with Gasteiger partial charge in [-0.1, -0.05) is 36.4 Å². The zero-order valence-electron chi connectivity index (χ0n) is 17.4. The Balaban J connectivity index is 1.68. The van der Waals surface area contributed by atoms with E-state index in [9.17, 15) is 5.11 Å². The lowest BCUT2D eigenvalue weighted by Crippen LogP contribution is -2.42. The lowest BCUT2D eigenvalue weighted by molar-refractivity contribution is 0.245. The standard InChI is InChI=1S/C23H32N4O2/c1-3-24-23(25-16-18-11-12-22(29-2)21(28)15-18)26-17-20(27-13-7-8-14-27)19-9-5-4-6-10-19/h4-6,9-12,15,20,28H,3,7-8,13-14,16-17H2,1-2H3,(H2,24,25,26). The number of likely N-dealkylation sites (tertiary alicyclic amines) is 1. The van der Waals surface area contributed by atoms with E-state index in [1.807, 2.05) is 6.07 Å². The number of benzene rings is 2. The van der Waals surface area contributed by atoms with Crippen molar-refractivity contribution >= 4 is 5.96 Å². The molecule has 6 nitrogen and oxygen atoms in total. The van der Waals surface area contributed by atoms with Crippen molar-refractivity contribution in [2.24, 2.45) is 4.99 Å². The molecule has 3 rings (SSSR count). The Morgan fingerprint density at radius 1 is 1.14 bits per heavy atom. The van der Waals surface area contributed by atoms with Crippen LogP contribution < -0.4 is 15.4 Å². The Hall–Kier alpha value is -2.73. The number of nitrogens with zero attached hydrogens (tertiary/aromatic N) is 2. The molecule has 1 atom stereocenters. The summed E-state index contributed by atoms with van der Waals surface area (Å²) in [5, 5.41) is 16.8. The van der Waals surface area contributed by atoms with Crippen LogP contribution >= 0.6 is 0 Å². The smallest absolute Gasteiger partial charge is 0.191 e. The van der Waals surface area contributed by atoms with Gasteiger partial charge in [0.05, 0.1) is 19.7 Å². The van der Waals surface area contributed by atoms with E-state index in [4.69, 9.17) is 9.73 Å². The number of phenolic OH excluding ortho intramolecular Hbond substituents is 1. The minimum absolute atomic E-state index is 0.135.